The number of alkyl halides is 3. The van der Waals surface area contributed by atoms with Gasteiger partial charge in [0.2, 0.25) is 0 Å². The molecule has 1 aromatic carbocycles. The van der Waals surface area contributed by atoms with E-state index in [2.05, 4.69) is 4.74 Å². The van der Waals surface area contributed by atoms with Crippen molar-refractivity contribution < 1.29 is 27.8 Å². The molecule has 1 aromatic rings. The largest absolute Gasteiger partial charge is 0.467 e. The molecule has 3 nitrogen and oxygen atoms in total. The fraction of sp³-hybridized carbons (Fsp3) is 0.500. The van der Waals surface area contributed by atoms with E-state index >= 15 is 0 Å². The van der Waals surface area contributed by atoms with Crippen LogP contribution in [0.15, 0.2) is 18.2 Å². The molecule has 0 bridgehead atoms. The number of aliphatic hydroxyl groups excluding tert-OH is 1. The van der Waals surface area contributed by atoms with E-state index in [1.807, 2.05) is 6.92 Å². The molecule has 1 rings (SSSR count). The monoisotopic (exact) mass is 264 g/mol. The summed E-state index contributed by atoms with van der Waals surface area (Å²) in [6.07, 6.45) is -5.13. The van der Waals surface area contributed by atoms with Crippen LogP contribution in [0.1, 0.15) is 24.2 Å². The van der Waals surface area contributed by atoms with Crippen molar-refractivity contribution in [3.8, 4) is 5.75 Å². The third kappa shape index (κ3) is 4.93. The van der Waals surface area contributed by atoms with Gasteiger partial charge < -0.3 is 14.6 Å². The lowest BCUT2D eigenvalue weighted by atomic mass is 10.1. The van der Waals surface area contributed by atoms with E-state index in [0.29, 0.717) is 11.3 Å². The van der Waals surface area contributed by atoms with Crippen molar-refractivity contribution >= 4 is 0 Å². The molecule has 0 aromatic heterocycles. The number of aliphatic hydroxyl groups is 1. The molecule has 18 heavy (non-hydrogen) atoms. The van der Waals surface area contributed by atoms with Gasteiger partial charge in [0, 0.05) is 5.56 Å². The van der Waals surface area contributed by atoms with Gasteiger partial charge >= 0.3 is 6.18 Å². The summed E-state index contributed by atoms with van der Waals surface area (Å²) in [5.41, 5.74) is 1.39. The zero-order valence-corrected chi connectivity index (χ0v) is 10.1. The molecule has 6 heteroatoms. The van der Waals surface area contributed by atoms with Crippen LogP contribution in [0.5, 0.6) is 5.75 Å². The van der Waals surface area contributed by atoms with Gasteiger partial charge in [-0.25, -0.2) is 0 Å². The van der Waals surface area contributed by atoms with Crippen molar-refractivity contribution in [2.24, 2.45) is 0 Å². The molecule has 0 amide bonds. The maximum Gasteiger partial charge on any atom is 0.411 e. The Hall–Kier alpha value is -1.27. The molecule has 0 saturated heterocycles. The lowest BCUT2D eigenvalue weighted by molar-refractivity contribution is -0.186. The highest BCUT2D eigenvalue weighted by Gasteiger charge is 2.27. The van der Waals surface area contributed by atoms with Crippen LogP contribution in [0.25, 0.3) is 0 Å². The van der Waals surface area contributed by atoms with E-state index in [1.54, 1.807) is 25.1 Å². The molecule has 0 aliphatic heterocycles. The van der Waals surface area contributed by atoms with Gasteiger partial charge in [-0.2, -0.15) is 13.2 Å². The molecule has 0 fully saturated rings. The molecule has 1 N–H and O–H groups in total. The van der Waals surface area contributed by atoms with Crippen molar-refractivity contribution in [1.82, 2.24) is 0 Å². The molecule has 1 atom stereocenters. The van der Waals surface area contributed by atoms with Crippen LogP contribution in [-0.2, 0) is 4.74 Å². The van der Waals surface area contributed by atoms with Crippen molar-refractivity contribution in [3.05, 3.63) is 29.3 Å². The number of halogens is 3. The minimum Gasteiger partial charge on any atom is -0.467 e. The van der Waals surface area contributed by atoms with E-state index in [-0.39, 0.29) is 0 Å². The molecule has 0 aliphatic carbocycles. The summed E-state index contributed by atoms with van der Waals surface area (Å²) in [4.78, 5) is 0. The first kappa shape index (κ1) is 14.8. The van der Waals surface area contributed by atoms with Crippen LogP contribution >= 0.6 is 0 Å². The Bertz CT molecular complexity index is 389. The van der Waals surface area contributed by atoms with Crippen molar-refractivity contribution in [2.75, 3.05) is 13.4 Å². The second-order valence-corrected chi connectivity index (χ2v) is 3.94. The maximum absolute atomic E-state index is 11.8. The average molecular weight is 264 g/mol. The van der Waals surface area contributed by atoms with E-state index < -0.39 is 25.7 Å². The van der Waals surface area contributed by atoms with Gasteiger partial charge in [-0.15, -0.1) is 0 Å². The summed E-state index contributed by atoms with van der Waals surface area (Å²) < 4.78 is 44.9. The second-order valence-electron chi connectivity index (χ2n) is 3.94. The smallest absolute Gasteiger partial charge is 0.411 e. The van der Waals surface area contributed by atoms with Gasteiger partial charge in [0.25, 0.3) is 0 Å². The molecule has 0 spiro atoms. The molecule has 0 heterocycles. The van der Waals surface area contributed by atoms with Crippen molar-refractivity contribution in [3.63, 3.8) is 0 Å². The Morgan fingerprint density at radius 3 is 2.56 bits per heavy atom. The molecule has 0 unspecified atom stereocenters. The third-order valence-electron chi connectivity index (χ3n) is 2.18. The van der Waals surface area contributed by atoms with Crippen LogP contribution in [0.2, 0.25) is 0 Å². The summed E-state index contributed by atoms with van der Waals surface area (Å²) in [7, 11) is 0. The molecule has 0 aliphatic rings. The molecular formula is C12H15F3O3. The van der Waals surface area contributed by atoms with Gasteiger partial charge in [0.05, 0.1) is 6.10 Å². The van der Waals surface area contributed by atoms with E-state index in [1.165, 1.54) is 0 Å². The summed E-state index contributed by atoms with van der Waals surface area (Å²) in [5.74, 6) is 0.326. The fourth-order valence-corrected chi connectivity index (χ4v) is 1.37. The third-order valence-corrected chi connectivity index (χ3v) is 2.18. The Kier molecular flexibility index (Phi) is 4.98. The second kappa shape index (κ2) is 6.06. The van der Waals surface area contributed by atoms with Crippen LogP contribution in [0.3, 0.4) is 0 Å². The zero-order valence-electron chi connectivity index (χ0n) is 10.1. The van der Waals surface area contributed by atoms with E-state index in [4.69, 9.17) is 4.74 Å². The molecule has 0 saturated carbocycles. The van der Waals surface area contributed by atoms with Crippen LogP contribution < -0.4 is 4.74 Å². The normalized spacial score (nSPS) is 13.4. The first-order valence-corrected chi connectivity index (χ1v) is 5.35. The Labute approximate surface area is 103 Å². The number of hydrogen-bond acceptors (Lipinski definition) is 3. The Balaban J connectivity index is 2.58. The highest BCUT2D eigenvalue weighted by Crippen LogP contribution is 2.26. The summed E-state index contributed by atoms with van der Waals surface area (Å²) in [6.45, 7) is 1.49. The average Bonchev–Trinajstić information content (AvgIpc) is 2.22. The highest BCUT2D eigenvalue weighted by molar-refractivity contribution is 5.38. The number of rotatable bonds is 5. The Morgan fingerprint density at radius 1 is 1.33 bits per heavy atom. The van der Waals surface area contributed by atoms with E-state index in [0.717, 1.165) is 5.56 Å². The molecule has 102 valence electrons. The number of ether oxygens (including phenoxy) is 2. The van der Waals surface area contributed by atoms with Crippen LogP contribution in [0.4, 0.5) is 13.2 Å². The minimum atomic E-state index is -4.37. The number of aryl methyl sites for hydroxylation is 1. The number of benzene rings is 1. The lowest BCUT2D eigenvalue weighted by Crippen LogP contribution is -2.19. The van der Waals surface area contributed by atoms with Crippen LogP contribution in [-0.4, -0.2) is 24.7 Å². The summed E-state index contributed by atoms with van der Waals surface area (Å²) in [6, 6.07) is 5.09. The lowest BCUT2D eigenvalue weighted by Gasteiger charge is -2.14. The maximum atomic E-state index is 11.8. The van der Waals surface area contributed by atoms with E-state index in [9.17, 15) is 18.3 Å². The first-order valence-electron chi connectivity index (χ1n) is 5.35. The van der Waals surface area contributed by atoms with Gasteiger partial charge in [-0.3, -0.25) is 0 Å². The quantitative estimate of drug-likeness (QED) is 0.656. The topological polar surface area (TPSA) is 38.7 Å². The minimum absolute atomic E-state index is 0.326. The Morgan fingerprint density at radius 2 is 2.00 bits per heavy atom. The predicted molar refractivity (Wildman–Crippen MR) is 59.3 cm³/mol. The zero-order chi connectivity index (χ0) is 13.8. The number of hydrogen-bond donors (Lipinski definition) is 1. The fourth-order valence-electron chi connectivity index (χ4n) is 1.37. The predicted octanol–water partition coefficient (Wildman–Crippen LogP) is 2.96. The summed E-state index contributed by atoms with van der Waals surface area (Å²) >= 11 is 0. The van der Waals surface area contributed by atoms with Crippen molar-refractivity contribution in [1.29, 1.82) is 0 Å². The first-order chi connectivity index (χ1) is 8.29. The molecule has 0 radical (unpaired) electrons. The van der Waals surface area contributed by atoms with Gasteiger partial charge in [0.1, 0.15) is 12.4 Å². The van der Waals surface area contributed by atoms with Gasteiger partial charge in [-0.05, 0) is 25.5 Å². The van der Waals surface area contributed by atoms with Crippen LogP contribution in [0, 0.1) is 6.92 Å². The molecular weight excluding hydrogens is 249 g/mol. The SMILES string of the molecule is Cc1ccc([C@@H](C)O)c(OCOCC(F)(F)F)c1. The van der Waals surface area contributed by atoms with Gasteiger partial charge in [0.15, 0.2) is 6.79 Å². The van der Waals surface area contributed by atoms with Gasteiger partial charge in [-0.1, -0.05) is 12.1 Å². The van der Waals surface area contributed by atoms with Crippen molar-refractivity contribution in [2.45, 2.75) is 26.1 Å². The standard InChI is InChI=1S/C12H15F3O3/c1-8-3-4-10(9(2)16)11(5-8)18-7-17-6-12(13,14)15/h3-5,9,16H,6-7H2,1-2H3/t9-/m1/s1. The summed E-state index contributed by atoms with van der Waals surface area (Å²) in [5, 5.41) is 9.48. The highest BCUT2D eigenvalue weighted by atomic mass is 19.4.